The number of aromatic nitrogens is 2. The molecular formula is C13H22BrN5O. The monoisotopic (exact) mass is 343 g/mol. The highest BCUT2D eigenvalue weighted by molar-refractivity contribution is 9.10. The number of nitrogens with one attached hydrogen (secondary N) is 1. The Morgan fingerprint density at radius 1 is 1.35 bits per heavy atom. The average molecular weight is 344 g/mol. The molecule has 0 amide bonds. The third-order valence-corrected chi connectivity index (χ3v) is 3.96. The van der Waals surface area contributed by atoms with Gasteiger partial charge in [0.15, 0.2) is 0 Å². The molecule has 112 valence electrons. The Labute approximate surface area is 128 Å². The molecule has 2 heterocycles. The Morgan fingerprint density at radius 3 is 2.75 bits per heavy atom. The molecule has 20 heavy (non-hydrogen) atoms. The van der Waals surface area contributed by atoms with Crippen molar-refractivity contribution in [1.29, 1.82) is 0 Å². The second-order valence-electron chi connectivity index (χ2n) is 4.64. The highest BCUT2D eigenvalue weighted by atomic mass is 79.9. The third-order valence-electron chi connectivity index (χ3n) is 3.38. The largest absolute Gasteiger partial charge is 0.380 e. The molecule has 6 nitrogen and oxygen atoms in total. The average Bonchev–Trinajstić information content (AvgIpc) is 2.49. The lowest BCUT2D eigenvalue weighted by Crippen LogP contribution is -2.47. The topological polar surface area (TPSA) is 53.5 Å². The molecule has 0 aromatic carbocycles. The van der Waals surface area contributed by atoms with Gasteiger partial charge < -0.3 is 15.0 Å². The molecule has 0 spiro atoms. The summed E-state index contributed by atoms with van der Waals surface area (Å²) in [5.74, 6) is 1.62. The number of nitrogens with zero attached hydrogens (tertiary/aromatic N) is 4. The molecule has 0 aliphatic carbocycles. The van der Waals surface area contributed by atoms with E-state index in [4.69, 9.17) is 4.74 Å². The first-order valence-electron chi connectivity index (χ1n) is 7.00. The SMILES string of the molecule is CCOCCN1CCN(c2ncc(Br)c(NC)n2)CC1. The summed E-state index contributed by atoms with van der Waals surface area (Å²) in [5, 5.41) is 3.07. The van der Waals surface area contributed by atoms with Crippen LogP contribution in [0.5, 0.6) is 0 Å². The van der Waals surface area contributed by atoms with Crippen LogP contribution in [0.4, 0.5) is 11.8 Å². The van der Waals surface area contributed by atoms with Gasteiger partial charge in [0.2, 0.25) is 5.95 Å². The Morgan fingerprint density at radius 2 is 2.10 bits per heavy atom. The van der Waals surface area contributed by atoms with E-state index in [1.165, 1.54) is 0 Å². The van der Waals surface area contributed by atoms with E-state index >= 15 is 0 Å². The predicted molar refractivity (Wildman–Crippen MR) is 84.4 cm³/mol. The molecule has 0 radical (unpaired) electrons. The zero-order valence-corrected chi connectivity index (χ0v) is 13.7. The zero-order chi connectivity index (χ0) is 14.4. The summed E-state index contributed by atoms with van der Waals surface area (Å²) in [5.41, 5.74) is 0. The molecule has 1 aliphatic rings. The van der Waals surface area contributed by atoms with Gasteiger partial charge in [-0.3, -0.25) is 4.90 Å². The first kappa shape index (κ1) is 15.5. The van der Waals surface area contributed by atoms with E-state index < -0.39 is 0 Å². The summed E-state index contributed by atoms with van der Waals surface area (Å²) >= 11 is 3.43. The van der Waals surface area contributed by atoms with Crippen LogP contribution < -0.4 is 10.2 Å². The normalized spacial score (nSPS) is 16.4. The molecule has 1 fully saturated rings. The highest BCUT2D eigenvalue weighted by Crippen LogP contribution is 2.21. The molecule has 1 saturated heterocycles. The van der Waals surface area contributed by atoms with Gasteiger partial charge in [-0.1, -0.05) is 0 Å². The van der Waals surface area contributed by atoms with Crippen LogP contribution in [0.25, 0.3) is 0 Å². The van der Waals surface area contributed by atoms with Crippen molar-refractivity contribution in [3.8, 4) is 0 Å². The van der Waals surface area contributed by atoms with E-state index in [0.29, 0.717) is 0 Å². The molecule has 0 unspecified atom stereocenters. The number of hydrogen-bond acceptors (Lipinski definition) is 6. The van der Waals surface area contributed by atoms with Crippen molar-refractivity contribution in [2.45, 2.75) is 6.92 Å². The Kier molecular flexibility index (Phi) is 6.00. The molecule has 1 aliphatic heterocycles. The van der Waals surface area contributed by atoms with Gasteiger partial charge in [-0.25, -0.2) is 4.98 Å². The third kappa shape index (κ3) is 4.04. The maximum Gasteiger partial charge on any atom is 0.227 e. The first-order valence-corrected chi connectivity index (χ1v) is 7.79. The number of ether oxygens (including phenoxy) is 1. The van der Waals surface area contributed by atoms with Crippen LogP contribution in [-0.2, 0) is 4.74 Å². The standard InChI is InChI=1S/C13H22BrN5O/c1-3-20-9-8-18-4-6-19(7-5-18)13-16-10-11(14)12(15-2)17-13/h10H,3-9H2,1-2H3,(H,15,16,17). The number of halogens is 1. The van der Waals surface area contributed by atoms with E-state index in [0.717, 1.165) is 62.2 Å². The number of anilines is 2. The van der Waals surface area contributed by atoms with Crippen LogP contribution in [0.2, 0.25) is 0 Å². The minimum atomic E-state index is 0.791. The molecule has 1 N–H and O–H groups in total. The van der Waals surface area contributed by atoms with Crippen molar-refractivity contribution in [1.82, 2.24) is 14.9 Å². The van der Waals surface area contributed by atoms with Gasteiger partial charge in [0.25, 0.3) is 0 Å². The van der Waals surface area contributed by atoms with E-state index in [9.17, 15) is 0 Å². The molecule has 0 saturated carbocycles. The molecule has 1 aromatic heterocycles. The fraction of sp³-hybridized carbons (Fsp3) is 0.692. The van der Waals surface area contributed by atoms with Gasteiger partial charge in [0.1, 0.15) is 5.82 Å². The van der Waals surface area contributed by atoms with Gasteiger partial charge in [-0.2, -0.15) is 4.98 Å². The first-order chi connectivity index (χ1) is 9.74. The second kappa shape index (κ2) is 7.75. The highest BCUT2D eigenvalue weighted by Gasteiger charge is 2.19. The molecular weight excluding hydrogens is 322 g/mol. The fourth-order valence-corrected chi connectivity index (χ4v) is 2.58. The van der Waals surface area contributed by atoms with E-state index in [2.05, 4.69) is 41.0 Å². The van der Waals surface area contributed by atoms with E-state index in [1.807, 2.05) is 14.0 Å². The molecule has 0 bridgehead atoms. The van der Waals surface area contributed by atoms with Gasteiger partial charge in [-0.05, 0) is 22.9 Å². The number of piperazine rings is 1. The Bertz CT molecular complexity index is 423. The van der Waals surface area contributed by atoms with Crippen molar-refractivity contribution < 1.29 is 4.74 Å². The summed E-state index contributed by atoms with van der Waals surface area (Å²) in [6.45, 7) is 8.61. The van der Waals surface area contributed by atoms with Gasteiger partial charge >= 0.3 is 0 Å². The van der Waals surface area contributed by atoms with Crippen molar-refractivity contribution in [2.75, 3.05) is 63.2 Å². The summed E-state index contributed by atoms with van der Waals surface area (Å²) < 4.78 is 6.29. The molecule has 1 aromatic rings. The second-order valence-corrected chi connectivity index (χ2v) is 5.50. The lowest BCUT2D eigenvalue weighted by atomic mass is 10.3. The number of hydrogen-bond donors (Lipinski definition) is 1. The smallest absolute Gasteiger partial charge is 0.227 e. The summed E-state index contributed by atoms with van der Waals surface area (Å²) in [6.07, 6.45) is 1.80. The quantitative estimate of drug-likeness (QED) is 0.789. The molecule has 7 heteroatoms. The van der Waals surface area contributed by atoms with E-state index in [1.54, 1.807) is 6.20 Å². The van der Waals surface area contributed by atoms with E-state index in [-0.39, 0.29) is 0 Å². The summed E-state index contributed by atoms with van der Waals surface area (Å²) in [6, 6.07) is 0. The number of rotatable bonds is 6. The van der Waals surface area contributed by atoms with Crippen LogP contribution >= 0.6 is 15.9 Å². The van der Waals surface area contributed by atoms with Crippen LogP contribution in [0.3, 0.4) is 0 Å². The van der Waals surface area contributed by atoms with Crippen LogP contribution in [-0.4, -0.2) is 67.9 Å². The van der Waals surface area contributed by atoms with Crippen molar-refractivity contribution >= 4 is 27.7 Å². The lowest BCUT2D eigenvalue weighted by molar-refractivity contribution is 0.111. The Balaban J connectivity index is 1.87. The van der Waals surface area contributed by atoms with Crippen molar-refractivity contribution in [3.05, 3.63) is 10.7 Å². The maximum absolute atomic E-state index is 5.40. The minimum absolute atomic E-state index is 0.791. The lowest BCUT2D eigenvalue weighted by Gasteiger charge is -2.34. The fourth-order valence-electron chi connectivity index (χ4n) is 2.19. The predicted octanol–water partition coefficient (Wildman–Crippen LogP) is 1.44. The Hall–Kier alpha value is -0.920. The zero-order valence-electron chi connectivity index (χ0n) is 12.1. The van der Waals surface area contributed by atoms with Crippen LogP contribution in [0, 0.1) is 0 Å². The van der Waals surface area contributed by atoms with Crippen LogP contribution in [0.1, 0.15) is 6.92 Å². The maximum atomic E-state index is 5.40. The summed E-state index contributed by atoms with van der Waals surface area (Å²) in [7, 11) is 1.86. The molecule has 2 rings (SSSR count). The van der Waals surface area contributed by atoms with Gasteiger partial charge in [0, 0.05) is 52.6 Å². The minimum Gasteiger partial charge on any atom is -0.380 e. The van der Waals surface area contributed by atoms with Crippen molar-refractivity contribution in [2.24, 2.45) is 0 Å². The molecule has 0 atom stereocenters. The van der Waals surface area contributed by atoms with Crippen molar-refractivity contribution in [3.63, 3.8) is 0 Å². The van der Waals surface area contributed by atoms with Gasteiger partial charge in [-0.15, -0.1) is 0 Å². The van der Waals surface area contributed by atoms with Crippen LogP contribution in [0.15, 0.2) is 10.7 Å². The van der Waals surface area contributed by atoms with Gasteiger partial charge in [0.05, 0.1) is 11.1 Å². The summed E-state index contributed by atoms with van der Waals surface area (Å²) in [4.78, 5) is 13.6.